The second-order valence-electron chi connectivity index (χ2n) is 5.77. The summed E-state index contributed by atoms with van der Waals surface area (Å²) in [6.45, 7) is 13.6. The minimum atomic E-state index is 0.157. The monoisotopic (exact) mass is 269 g/mol. The van der Waals surface area contributed by atoms with Gasteiger partial charge in [-0.3, -0.25) is 9.69 Å². The summed E-state index contributed by atoms with van der Waals surface area (Å²) in [5.74, 6) is 0.256. The molecule has 19 heavy (non-hydrogen) atoms. The second kappa shape index (κ2) is 6.68. The Balaban J connectivity index is 1.78. The van der Waals surface area contributed by atoms with E-state index in [1.165, 1.54) is 0 Å². The lowest BCUT2D eigenvalue weighted by Gasteiger charge is -2.38. The number of likely N-dealkylation sites (N-methyl/N-ethyl adjacent to an activating group) is 1. The highest BCUT2D eigenvalue weighted by Gasteiger charge is 2.27. The van der Waals surface area contributed by atoms with E-state index >= 15 is 0 Å². The van der Waals surface area contributed by atoms with Gasteiger partial charge in [-0.25, -0.2) is 0 Å². The van der Waals surface area contributed by atoms with Crippen LogP contribution >= 0.6 is 0 Å². The summed E-state index contributed by atoms with van der Waals surface area (Å²) in [7, 11) is 0. The number of ether oxygens (including phenoxy) is 1. The fourth-order valence-corrected chi connectivity index (χ4v) is 2.94. The second-order valence-corrected chi connectivity index (χ2v) is 5.77. The summed E-state index contributed by atoms with van der Waals surface area (Å²) in [5, 5.41) is 0. The van der Waals surface area contributed by atoms with Gasteiger partial charge in [0.15, 0.2) is 0 Å². The zero-order valence-electron chi connectivity index (χ0n) is 12.5. The molecule has 0 spiro atoms. The molecular formula is C14H27N3O2. The highest BCUT2D eigenvalue weighted by atomic mass is 16.5. The molecule has 1 amide bonds. The van der Waals surface area contributed by atoms with Crippen LogP contribution in [0.1, 0.15) is 20.8 Å². The molecule has 0 aromatic heterocycles. The fraction of sp³-hybridized carbons (Fsp3) is 0.929. The number of piperazine rings is 1. The molecule has 5 nitrogen and oxygen atoms in total. The van der Waals surface area contributed by atoms with E-state index in [0.29, 0.717) is 6.54 Å². The number of hydrogen-bond donors (Lipinski definition) is 0. The van der Waals surface area contributed by atoms with Crippen LogP contribution in [-0.2, 0) is 9.53 Å². The molecule has 5 heteroatoms. The number of amides is 1. The highest BCUT2D eigenvalue weighted by Crippen LogP contribution is 2.11. The molecule has 0 aliphatic carbocycles. The van der Waals surface area contributed by atoms with E-state index in [0.717, 1.165) is 45.8 Å². The van der Waals surface area contributed by atoms with E-state index in [1.807, 2.05) is 18.7 Å². The largest absolute Gasteiger partial charge is 0.372 e. The summed E-state index contributed by atoms with van der Waals surface area (Å²) in [4.78, 5) is 19.0. The molecule has 2 unspecified atom stereocenters. The molecule has 0 N–H and O–H groups in total. The first kappa shape index (κ1) is 14.8. The topological polar surface area (TPSA) is 36.0 Å². The van der Waals surface area contributed by atoms with E-state index in [9.17, 15) is 4.79 Å². The van der Waals surface area contributed by atoms with Gasteiger partial charge in [-0.1, -0.05) is 6.92 Å². The molecule has 0 bridgehead atoms. The van der Waals surface area contributed by atoms with Crippen LogP contribution in [0.2, 0.25) is 0 Å². The van der Waals surface area contributed by atoms with Crippen LogP contribution in [0.25, 0.3) is 0 Å². The van der Waals surface area contributed by atoms with Crippen molar-refractivity contribution in [3.8, 4) is 0 Å². The molecule has 110 valence electrons. The van der Waals surface area contributed by atoms with Gasteiger partial charge in [0, 0.05) is 39.3 Å². The third-order valence-electron chi connectivity index (χ3n) is 4.04. The highest BCUT2D eigenvalue weighted by molar-refractivity contribution is 5.78. The third-order valence-corrected chi connectivity index (χ3v) is 4.04. The average Bonchev–Trinajstić information content (AvgIpc) is 2.38. The van der Waals surface area contributed by atoms with Crippen molar-refractivity contribution in [2.45, 2.75) is 33.0 Å². The predicted molar refractivity (Wildman–Crippen MR) is 75.1 cm³/mol. The van der Waals surface area contributed by atoms with Gasteiger partial charge in [0.1, 0.15) is 0 Å². The molecule has 2 aliphatic rings. The van der Waals surface area contributed by atoms with Crippen LogP contribution in [0.5, 0.6) is 0 Å². The van der Waals surface area contributed by atoms with Gasteiger partial charge in [-0.15, -0.1) is 0 Å². The van der Waals surface area contributed by atoms with Crippen molar-refractivity contribution in [2.24, 2.45) is 0 Å². The van der Waals surface area contributed by atoms with Gasteiger partial charge in [-0.2, -0.15) is 0 Å². The van der Waals surface area contributed by atoms with Gasteiger partial charge in [-0.05, 0) is 20.4 Å². The van der Waals surface area contributed by atoms with Crippen LogP contribution in [0.3, 0.4) is 0 Å². The van der Waals surface area contributed by atoms with E-state index < -0.39 is 0 Å². The van der Waals surface area contributed by atoms with Crippen LogP contribution in [0.4, 0.5) is 0 Å². The smallest absolute Gasteiger partial charge is 0.236 e. The van der Waals surface area contributed by atoms with Crippen molar-refractivity contribution in [1.29, 1.82) is 0 Å². The lowest BCUT2D eigenvalue weighted by Crippen LogP contribution is -2.53. The number of morpholine rings is 1. The molecule has 0 radical (unpaired) electrons. The summed E-state index contributed by atoms with van der Waals surface area (Å²) >= 11 is 0. The molecule has 0 aromatic rings. The Labute approximate surface area is 116 Å². The van der Waals surface area contributed by atoms with Crippen molar-refractivity contribution in [1.82, 2.24) is 14.7 Å². The Hall–Kier alpha value is -0.650. The summed E-state index contributed by atoms with van der Waals surface area (Å²) in [6.07, 6.45) is 0.314. The first-order valence-electron chi connectivity index (χ1n) is 7.46. The van der Waals surface area contributed by atoms with Gasteiger partial charge < -0.3 is 14.5 Å². The normalized spacial score (nSPS) is 30.6. The lowest BCUT2D eigenvalue weighted by atomic mass is 10.2. The minimum absolute atomic E-state index is 0.157. The van der Waals surface area contributed by atoms with Gasteiger partial charge in [0.2, 0.25) is 5.91 Å². The van der Waals surface area contributed by atoms with E-state index in [4.69, 9.17) is 4.74 Å². The van der Waals surface area contributed by atoms with Crippen molar-refractivity contribution < 1.29 is 9.53 Å². The number of hydrogen-bond acceptors (Lipinski definition) is 4. The molecule has 0 aromatic carbocycles. The predicted octanol–water partition coefficient (Wildman–Crippen LogP) is 0.260. The quantitative estimate of drug-likeness (QED) is 0.736. The number of nitrogens with zero attached hydrogens (tertiary/aromatic N) is 3. The van der Waals surface area contributed by atoms with Crippen LogP contribution < -0.4 is 0 Å². The Morgan fingerprint density at radius 3 is 2.11 bits per heavy atom. The van der Waals surface area contributed by atoms with E-state index in [1.54, 1.807) is 0 Å². The lowest BCUT2D eigenvalue weighted by molar-refractivity contribution is -0.144. The molecular weight excluding hydrogens is 242 g/mol. The van der Waals surface area contributed by atoms with Crippen LogP contribution in [0, 0.1) is 0 Å². The van der Waals surface area contributed by atoms with Crippen LogP contribution in [0.15, 0.2) is 0 Å². The van der Waals surface area contributed by atoms with Gasteiger partial charge >= 0.3 is 0 Å². The zero-order chi connectivity index (χ0) is 13.8. The molecule has 0 saturated carbocycles. The standard InChI is InChI=1S/C14H27N3O2/c1-4-15-5-7-16(8-6-15)11-14(18)17-9-12(2)19-13(3)10-17/h12-13H,4-11H2,1-3H3. The average molecular weight is 269 g/mol. The number of carbonyl (C=O) groups is 1. The summed E-state index contributed by atoms with van der Waals surface area (Å²) < 4.78 is 5.67. The summed E-state index contributed by atoms with van der Waals surface area (Å²) in [6, 6.07) is 0. The molecule has 2 rings (SSSR count). The van der Waals surface area contributed by atoms with Crippen LogP contribution in [-0.4, -0.2) is 85.2 Å². The van der Waals surface area contributed by atoms with Crippen molar-refractivity contribution in [2.75, 3.05) is 52.4 Å². The Morgan fingerprint density at radius 1 is 1.05 bits per heavy atom. The van der Waals surface area contributed by atoms with Crippen molar-refractivity contribution >= 4 is 5.91 Å². The maximum absolute atomic E-state index is 12.3. The Kier molecular flexibility index (Phi) is 5.19. The summed E-state index contributed by atoms with van der Waals surface area (Å²) in [5.41, 5.74) is 0. The number of carbonyl (C=O) groups excluding carboxylic acids is 1. The number of rotatable bonds is 3. The Bertz CT molecular complexity index is 293. The first-order valence-corrected chi connectivity index (χ1v) is 7.46. The zero-order valence-corrected chi connectivity index (χ0v) is 12.5. The Morgan fingerprint density at radius 2 is 1.58 bits per heavy atom. The maximum Gasteiger partial charge on any atom is 0.236 e. The molecule has 2 fully saturated rings. The van der Waals surface area contributed by atoms with Gasteiger partial charge in [0.05, 0.1) is 18.8 Å². The molecule has 2 atom stereocenters. The minimum Gasteiger partial charge on any atom is -0.372 e. The third kappa shape index (κ3) is 4.16. The van der Waals surface area contributed by atoms with E-state index in [-0.39, 0.29) is 18.1 Å². The maximum atomic E-state index is 12.3. The van der Waals surface area contributed by atoms with Gasteiger partial charge in [0.25, 0.3) is 0 Å². The molecule has 2 heterocycles. The SMILES string of the molecule is CCN1CCN(CC(=O)N2CC(C)OC(C)C2)CC1. The van der Waals surface area contributed by atoms with Crippen molar-refractivity contribution in [3.05, 3.63) is 0 Å². The van der Waals surface area contributed by atoms with Crippen molar-refractivity contribution in [3.63, 3.8) is 0 Å². The first-order chi connectivity index (χ1) is 9.08. The molecule has 2 aliphatic heterocycles. The molecule has 2 saturated heterocycles. The van der Waals surface area contributed by atoms with E-state index in [2.05, 4.69) is 16.7 Å². The fourth-order valence-electron chi connectivity index (χ4n) is 2.94.